The van der Waals surface area contributed by atoms with Gasteiger partial charge in [-0.3, -0.25) is 4.79 Å². The molecule has 1 atom stereocenters. The highest BCUT2D eigenvalue weighted by Crippen LogP contribution is 2.17. The van der Waals surface area contributed by atoms with Gasteiger partial charge in [-0.15, -0.1) is 0 Å². The van der Waals surface area contributed by atoms with Gasteiger partial charge < -0.3 is 5.32 Å². The highest BCUT2D eigenvalue weighted by molar-refractivity contribution is 5.78. The maximum atomic E-state index is 10.6. The molecule has 0 spiro atoms. The van der Waals surface area contributed by atoms with Gasteiger partial charge in [-0.2, -0.15) is 0 Å². The predicted molar refractivity (Wildman–Crippen MR) is 36.0 cm³/mol. The molecule has 1 heterocycles. The van der Waals surface area contributed by atoms with Crippen LogP contribution < -0.4 is 5.32 Å². The maximum absolute atomic E-state index is 10.6. The van der Waals surface area contributed by atoms with Crippen LogP contribution in [0.5, 0.6) is 0 Å². The molecular formula is C7H13NO. The molecule has 1 rings (SSSR count). The first kappa shape index (κ1) is 6.59. The summed E-state index contributed by atoms with van der Waals surface area (Å²) in [5.74, 6) is 1.44. The van der Waals surface area contributed by atoms with Crippen LogP contribution in [0.15, 0.2) is 0 Å². The van der Waals surface area contributed by atoms with Crippen LogP contribution in [-0.2, 0) is 4.79 Å². The molecule has 1 aliphatic rings. The Kier molecular flexibility index (Phi) is 1.74. The second kappa shape index (κ2) is 2.38. The van der Waals surface area contributed by atoms with E-state index in [-0.39, 0.29) is 5.91 Å². The number of hydrogen-bond acceptors (Lipinski definition) is 1. The van der Waals surface area contributed by atoms with Crippen LogP contribution in [0.3, 0.4) is 0 Å². The van der Waals surface area contributed by atoms with Gasteiger partial charge in [-0.25, -0.2) is 0 Å². The lowest BCUT2D eigenvalue weighted by molar-refractivity contribution is -0.119. The largest absolute Gasteiger partial charge is 0.356 e. The first-order valence-corrected chi connectivity index (χ1v) is 3.47. The van der Waals surface area contributed by atoms with E-state index in [0.717, 1.165) is 13.0 Å². The van der Waals surface area contributed by atoms with Gasteiger partial charge in [0.25, 0.3) is 0 Å². The van der Waals surface area contributed by atoms with E-state index in [4.69, 9.17) is 0 Å². The van der Waals surface area contributed by atoms with Crippen LogP contribution in [0.4, 0.5) is 0 Å². The van der Waals surface area contributed by atoms with Gasteiger partial charge in [-0.05, 0) is 11.8 Å². The zero-order valence-corrected chi connectivity index (χ0v) is 5.98. The molecule has 0 saturated carbocycles. The molecule has 1 N–H and O–H groups in total. The summed E-state index contributed by atoms with van der Waals surface area (Å²) in [6.45, 7) is 5.20. The Labute approximate surface area is 55.6 Å². The third kappa shape index (κ3) is 1.44. The van der Waals surface area contributed by atoms with Crippen molar-refractivity contribution in [3.63, 3.8) is 0 Å². The Morgan fingerprint density at radius 2 is 2.33 bits per heavy atom. The van der Waals surface area contributed by atoms with Crippen molar-refractivity contribution in [1.29, 1.82) is 0 Å². The van der Waals surface area contributed by atoms with Gasteiger partial charge in [0, 0.05) is 13.0 Å². The molecule has 0 aromatic heterocycles. The van der Waals surface area contributed by atoms with E-state index in [0.29, 0.717) is 11.8 Å². The van der Waals surface area contributed by atoms with Crippen molar-refractivity contribution >= 4 is 5.91 Å². The zero-order chi connectivity index (χ0) is 6.85. The van der Waals surface area contributed by atoms with Gasteiger partial charge in [-0.1, -0.05) is 13.8 Å². The van der Waals surface area contributed by atoms with E-state index in [1.807, 2.05) is 0 Å². The Bertz CT molecular complexity index is 120. The van der Waals surface area contributed by atoms with Crippen molar-refractivity contribution in [2.24, 2.45) is 11.8 Å². The number of carbonyl (C=O) groups excluding carboxylic acids is 1. The monoisotopic (exact) mass is 127 g/mol. The fraction of sp³-hybridized carbons (Fsp3) is 0.857. The SMILES string of the molecule is CC(C)[C@@H]1CNC(=O)C1. The topological polar surface area (TPSA) is 29.1 Å². The van der Waals surface area contributed by atoms with E-state index in [2.05, 4.69) is 19.2 Å². The van der Waals surface area contributed by atoms with Crippen LogP contribution in [0.25, 0.3) is 0 Å². The summed E-state index contributed by atoms with van der Waals surface area (Å²) in [5, 5.41) is 2.81. The number of nitrogens with one attached hydrogen (secondary N) is 1. The van der Waals surface area contributed by atoms with Crippen molar-refractivity contribution in [3.05, 3.63) is 0 Å². The number of amides is 1. The number of hydrogen-bond donors (Lipinski definition) is 1. The molecule has 0 radical (unpaired) electrons. The molecule has 2 nitrogen and oxygen atoms in total. The van der Waals surface area contributed by atoms with Gasteiger partial charge >= 0.3 is 0 Å². The third-order valence-corrected chi connectivity index (χ3v) is 1.95. The highest BCUT2D eigenvalue weighted by atomic mass is 16.1. The summed E-state index contributed by atoms with van der Waals surface area (Å²) in [5.41, 5.74) is 0. The fourth-order valence-corrected chi connectivity index (χ4v) is 1.10. The molecule has 0 aromatic carbocycles. The van der Waals surface area contributed by atoms with Crippen molar-refractivity contribution in [3.8, 4) is 0 Å². The van der Waals surface area contributed by atoms with Crippen LogP contribution in [0.1, 0.15) is 20.3 Å². The molecule has 9 heavy (non-hydrogen) atoms. The first-order chi connectivity index (χ1) is 4.20. The molecule has 52 valence electrons. The van der Waals surface area contributed by atoms with Gasteiger partial charge in [0.2, 0.25) is 5.91 Å². The Hall–Kier alpha value is -0.530. The standard InChI is InChI=1S/C7H13NO/c1-5(2)6-3-7(9)8-4-6/h5-6H,3-4H2,1-2H3,(H,8,9)/t6-/m0/s1. The first-order valence-electron chi connectivity index (χ1n) is 3.47. The van der Waals surface area contributed by atoms with E-state index in [1.165, 1.54) is 0 Å². The average molecular weight is 127 g/mol. The van der Waals surface area contributed by atoms with E-state index in [1.54, 1.807) is 0 Å². The zero-order valence-electron chi connectivity index (χ0n) is 5.98. The second-order valence-electron chi connectivity index (χ2n) is 3.01. The predicted octanol–water partition coefficient (Wildman–Crippen LogP) is 0.778. The Morgan fingerprint density at radius 3 is 2.56 bits per heavy atom. The summed E-state index contributed by atoms with van der Waals surface area (Å²) >= 11 is 0. The Balaban J connectivity index is 2.39. The lowest BCUT2D eigenvalue weighted by atomic mass is 9.95. The van der Waals surface area contributed by atoms with Crippen LogP contribution in [-0.4, -0.2) is 12.5 Å². The minimum Gasteiger partial charge on any atom is -0.356 e. The molecule has 0 aromatic rings. The van der Waals surface area contributed by atoms with Gasteiger partial charge in [0.05, 0.1) is 0 Å². The van der Waals surface area contributed by atoms with Crippen LogP contribution in [0, 0.1) is 11.8 Å². The maximum Gasteiger partial charge on any atom is 0.220 e. The van der Waals surface area contributed by atoms with Gasteiger partial charge in [0.1, 0.15) is 0 Å². The van der Waals surface area contributed by atoms with Crippen molar-refractivity contribution < 1.29 is 4.79 Å². The quantitative estimate of drug-likeness (QED) is 0.554. The summed E-state index contributed by atoms with van der Waals surface area (Å²) in [4.78, 5) is 10.6. The normalized spacial score (nSPS) is 27.0. The molecule has 0 bridgehead atoms. The van der Waals surface area contributed by atoms with Gasteiger partial charge in [0.15, 0.2) is 0 Å². The number of rotatable bonds is 1. The highest BCUT2D eigenvalue weighted by Gasteiger charge is 2.23. The molecular weight excluding hydrogens is 114 g/mol. The lowest BCUT2D eigenvalue weighted by Crippen LogP contribution is -2.15. The molecule has 1 aliphatic heterocycles. The van der Waals surface area contributed by atoms with Crippen molar-refractivity contribution in [1.82, 2.24) is 5.32 Å². The molecule has 1 saturated heterocycles. The molecule has 1 fully saturated rings. The average Bonchev–Trinajstić information content (AvgIpc) is 2.14. The van der Waals surface area contributed by atoms with E-state index >= 15 is 0 Å². The minimum atomic E-state index is 0.216. The molecule has 1 amide bonds. The summed E-state index contributed by atoms with van der Waals surface area (Å²) in [6.07, 6.45) is 0.734. The summed E-state index contributed by atoms with van der Waals surface area (Å²) in [6, 6.07) is 0. The van der Waals surface area contributed by atoms with Crippen molar-refractivity contribution in [2.75, 3.05) is 6.54 Å². The van der Waals surface area contributed by atoms with E-state index in [9.17, 15) is 4.79 Å². The number of carbonyl (C=O) groups is 1. The van der Waals surface area contributed by atoms with E-state index < -0.39 is 0 Å². The van der Waals surface area contributed by atoms with Crippen LogP contribution >= 0.6 is 0 Å². The molecule has 0 unspecified atom stereocenters. The fourth-order valence-electron chi connectivity index (χ4n) is 1.10. The minimum absolute atomic E-state index is 0.216. The lowest BCUT2D eigenvalue weighted by Gasteiger charge is -2.09. The van der Waals surface area contributed by atoms with Crippen molar-refractivity contribution in [2.45, 2.75) is 20.3 Å². The second-order valence-corrected chi connectivity index (χ2v) is 3.01. The molecule has 2 heteroatoms. The van der Waals surface area contributed by atoms with Crippen LogP contribution in [0.2, 0.25) is 0 Å². The smallest absolute Gasteiger partial charge is 0.220 e. The Morgan fingerprint density at radius 1 is 1.67 bits per heavy atom. The third-order valence-electron chi connectivity index (χ3n) is 1.95. The molecule has 0 aliphatic carbocycles. The summed E-state index contributed by atoms with van der Waals surface area (Å²) < 4.78 is 0. The summed E-state index contributed by atoms with van der Waals surface area (Å²) in [7, 11) is 0.